The van der Waals surface area contributed by atoms with Gasteiger partial charge in [0.1, 0.15) is 6.61 Å². The van der Waals surface area contributed by atoms with E-state index in [1.165, 1.54) is 7.11 Å². The number of hydrogen-bond donors (Lipinski definition) is 0. The highest BCUT2D eigenvalue weighted by molar-refractivity contribution is 6.37. The van der Waals surface area contributed by atoms with Crippen molar-refractivity contribution >= 4 is 58.4 Å². The van der Waals surface area contributed by atoms with Gasteiger partial charge in [-0.2, -0.15) is 0 Å². The Kier molecular flexibility index (Phi) is 7.79. The molecule has 3 aromatic carbocycles. The van der Waals surface area contributed by atoms with Crippen LogP contribution in [0.3, 0.4) is 0 Å². The summed E-state index contributed by atoms with van der Waals surface area (Å²) in [5.74, 6) is 1.11. The standard InChI is InChI=1S/C25H18Cl4O5/c1-31-25(30)16(7-14-5-6-22-23(11-14)34-13-33-22)8-15-9-20(28)24(21(29)10-15)32-12-17-18(26)3-2-4-19(17)27/h2-6,8-11H,7,12-13H2,1H3. The van der Waals surface area contributed by atoms with Crippen LogP contribution < -0.4 is 14.2 Å². The topological polar surface area (TPSA) is 54.0 Å². The van der Waals surface area contributed by atoms with Gasteiger partial charge in [0.05, 0.1) is 17.2 Å². The molecule has 1 aliphatic heterocycles. The molecule has 0 saturated carbocycles. The van der Waals surface area contributed by atoms with Crippen LogP contribution in [-0.2, 0) is 22.6 Å². The molecule has 1 heterocycles. The minimum atomic E-state index is -0.474. The maximum Gasteiger partial charge on any atom is 0.334 e. The molecule has 34 heavy (non-hydrogen) atoms. The van der Waals surface area contributed by atoms with Crippen LogP contribution in [-0.4, -0.2) is 19.9 Å². The molecule has 4 rings (SSSR count). The van der Waals surface area contributed by atoms with Gasteiger partial charge in [-0.25, -0.2) is 4.79 Å². The molecule has 0 amide bonds. The van der Waals surface area contributed by atoms with Crippen LogP contribution >= 0.6 is 46.4 Å². The molecule has 5 nitrogen and oxygen atoms in total. The summed E-state index contributed by atoms with van der Waals surface area (Å²) in [7, 11) is 1.33. The fourth-order valence-electron chi connectivity index (χ4n) is 3.40. The third-order valence-electron chi connectivity index (χ3n) is 5.06. The molecule has 176 valence electrons. The minimum Gasteiger partial charge on any atom is -0.486 e. The Morgan fingerprint density at radius 3 is 2.29 bits per heavy atom. The van der Waals surface area contributed by atoms with E-state index in [1.807, 2.05) is 12.1 Å². The molecule has 0 unspecified atom stereocenters. The van der Waals surface area contributed by atoms with Gasteiger partial charge in [0.25, 0.3) is 0 Å². The highest BCUT2D eigenvalue weighted by Gasteiger charge is 2.18. The molecule has 0 aliphatic carbocycles. The molecular formula is C25H18Cl4O5. The monoisotopic (exact) mass is 538 g/mol. The first-order chi connectivity index (χ1) is 16.4. The van der Waals surface area contributed by atoms with Gasteiger partial charge in [-0.1, -0.05) is 58.5 Å². The third kappa shape index (κ3) is 5.56. The molecule has 3 aromatic rings. The minimum absolute atomic E-state index is 0.0880. The van der Waals surface area contributed by atoms with Crippen molar-refractivity contribution in [2.24, 2.45) is 0 Å². The zero-order chi connectivity index (χ0) is 24.2. The number of methoxy groups -OCH3 is 1. The van der Waals surface area contributed by atoms with Crippen molar-refractivity contribution in [1.29, 1.82) is 0 Å². The summed E-state index contributed by atoms with van der Waals surface area (Å²) in [6.45, 7) is 0.261. The number of carbonyl (C=O) groups is 1. The second-order valence-electron chi connectivity index (χ2n) is 7.33. The number of esters is 1. The van der Waals surface area contributed by atoms with E-state index in [0.29, 0.717) is 44.7 Å². The molecule has 1 aliphatic rings. The molecule has 0 bridgehead atoms. The van der Waals surface area contributed by atoms with Crippen LogP contribution in [0.15, 0.2) is 54.1 Å². The van der Waals surface area contributed by atoms with Gasteiger partial charge in [0.15, 0.2) is 17.2 Å². The zero-order valence-corrected chi connectivity index (χ0v) is 20.9. The summed E-state index contributed by atoms with van der Waals surface area (Å²) >= 11 is 25.3. The van der Waals surface area contributed by atoms with Crippen molar-refractivity contribution in [3.05, 3.63) is 90.9 Å². The van der Waals surface area contributed by atoms with E-state index in [9.17, 15) is 4.79 Å². The normalized spacial score (nSPS) is 12.6. The fourth-order valence-corrected chi connectivity index (χ4v) is 4.52. The van der Waals surface area contributed by atoms with Gasteiger partial charge < -0.3 is 18.9 Å². The highest BCUT2D eigenvalue weighted by atomic mass is 35.5. The van der Waals surface area contributed by atoms with E-state index >= 15 is 0 Å². The number of fused-ring (bicyclic) bond motifs is 1. The third-order valence-corrected chi connectivity index (χ3v) is 6.33. The summed E-state index contributed by atoms with van der Waals surface area (Å²) in [6.07, 6.45) is 1.98. The number of rotatable bonds is 7. The first-order valence-electron chi connectivity index (χ1n) is 10.1. The van der Waals surface area contributed by atoms with Gasteiger partial charge in [0.2, 0.25) is 6.79 Å². The van der Waals surface area contributed by atoms with E-state index in [4.69, 9.17) is 65.4 Å². The lowest BCUT2D eigenvalue weighted by Gasteiger charge is -2.13. The zero-order valence-electron chi connectivity index (χ0n) is 17.9. The Morgan fingerprint density at radius 1 is 0.941 bits per heavy atom. The quantitative estimate of drug-likeness (QED) is 0.231. The number of carbonyl (C=O) groups excluding carboxylic acids is 1. The number of ether oxygens (including phenoxy) is 4. The van der Waals surface area contributed by atoms with E-state index in [2.05, 4.69) is 0 Å². The van der Waals surface area contributed by atoms with Gasteiger partial charge in [-0.3, -0.25) is 0 Å². The first-order valence-corrected chi connectivity index (χ1v) is 11.6. The smallest absolute Gasteiger partial charge is 0.334 e. The van der Waals surface area contributed by atoms with Crippen LogP contribution in [0, 0.1) is 0 Å². The molecular weight excluding hydrogens is 522 g/mol. The second-order valence-corrected chi connectivity index (χ2v) is 8.96. The average Bonchev–Trinajstić information content (AvgIpc) is 3.27. The van der Waals surface area contributed by atoms with Crippen LogP contribution in [0.25, 0.3) is 6.08 Å². The van der Waals surface area contributed by atoms with E-state index in [1.54, 1.807) is 42.5 Å². The lowest BCUT2D eigenvalue weighted by Crippen LogP contribution is -2.07. The van der Waals surface area contributed by atoms with Gasteiger partial charge in [-0.05, 0) is 53.6 Å². The first kappa shape index (κ1) is 24.6. The van der Waals surface area contributed by atoms with E-state index in [0.717, 1.165) is 5.56 Å². The summed E-state index contributed by atoms with van der Waals surface area (Å²) in [5.41, 5.74) is 2.50. The van der Waals surface area contributed by atoms with Crippen molar-refractivity contribution in [2.45, 2.75) is 13.0 Å². The van der Waals surface area contributed by atoms with Crippen LogP contribution in [0.4, 0.5) is 0 Å². The van der Waals surface area contributed by atoms with Crippen molar-refractivity contribution in [3.63, 3.8) is 0 Å². The highest BCUT2D eigenvalue weighted by Crippen LogP contribution is 2.37. The summed E-state index contributed by atoms with van der Waals surface area (Å²) in [4.78, 5) is 12.5. The lowest BCUT2D eigenvalue weighted by molar-refractivity contribution is -0.136. The van der Waals surface area contributed by atoms with Gasteiger partial charge in [-0.15, -0.1) is 0 Å². The predicted molar refractivity (Wildman–Crippen MR) is 134 cm³/mol. The molecule has 0 aromatic heterocycles. The Bertz CT molecular complexity index is 1230. The summed E-state index contributed by atoms with van der Waals surface area (Å²) in [6, 6.07) is 14.0. The summed E-state index contributed by atoms with van der Waals surface area (Å²) < 4.78 is 21.5. The summed E-state index contributed by atoms with van der Waals surface area (Å²) in [5, 5.41) is 1.50. The molecule has 0 radical (unpaired) electrons. The largest absolute Gasteiger partial charge is 0.486 e. The average molecular weight is 540 g/mol. The van der Waals surface area contributed by atoms with Crippen LogP contribution in [0.5, 0.6) is 17.2 Å². The fraction of sp³-hybridized carbons (Fsp3) is 0.160. The Hall–Kier alpha value is -2.57. The molecule has 0 saturated heterocycles. The van der Waals surface area contributed by atoms with Crippen molar-refractivity contribution in [2.75, 3.05) is 13.9 Å². The predicted octanol–water partition coefficient (Wildman–Crippen LogP) is 7.41. The maximum atomic E-state index is 12.5. The number of halogens is 4. The molecule has 0 atom stereocenters. The molecule has 0 N–H and O–H groups in total. The van der Waals surface area contributed by atoms with Crippen LogP contribution in [0.1, 0.15) is 16.7 Å². The number of hydrogen-bond acceptors (Lipinski definition) is 5. The molecule has 0 fully saturated rings. The van der Waals surface area contributed by atoms with E-state index < -0.39 is 5.97 Å². The van der Waals surface area contributed by atoms with Gasteiger partial charge in [0, 0.05) is 27.6 Å². The van der Waals surface area contributed by atoms with E-state index in [-0.39, 0.29) is 29.2 Å². The lowest BCUT2D eigenvalue weighted by atomic mass is 10.0. The Balaban J connectivity index is 1.58. The van der Waals surface area contributed by atoms with Crippen LogP contribution in [0.2, 0.25) is 20.1 Å². The van der Waals surface area contributed by atoms with Crippen molar-refractivity contribution < 1.29 is 23.7 Å². The van der Waals surface area contributed by atoms with Crippen molar-refractivity contribution in [3.8, 4) is 17.2 Å². The van der Waals surface area contributed by atoms with Gasteiger partial charge >= 0.3 is 5.97 Å². The molecule has 9 heteroatoms. The molecule has 0 spiro atoms. The maximum absolute atomic E-state index is 12.5. The Morgan fingerprint density at radius 2 is 1.62 bits per heavy atom. The second kappa shape index (κ2) is 10.8. The number of benzene rings is 3. The van der Waals surface area contributed by atoms with Crippen molar-refractivity contribution in [1.82, 2.24) is 0 Å². The Labute approximate surface area is 216 Å². The SMILES string of the molecule is COC(=O)C(=Cc1cc(Cl)c(OCc2c(Cl)cccc2Cl)c(Cl)c1)Cc1ccc2c(c1)OCO2.